The normalized spacial score (nSPS) is 21.9. The van der Waals surface area contributed by atoms with Crippen LogP contribution >= 0.6 is 22.6 Å². The molecule has 0 N–H and O–H groups in total. The maximum atomic E-state index is 6.00. The first-order valence-electron chi connectivity index (χ1n) is 6.24. The van der Waals surface area contributed by atoms with Gasteiger partial charge in [-0.05, 0) is 70.2 Å². The van der Waals surface area contributed by atoms with Crippen molar-refractivity contribution >= 4 is 35.3 Å². The van der Waals surface area contributed by atoms with Crippen molar-refractivity contribution in [3.8, 4) is 0 Å². The highest BCUT2D eigenvalue weighted by Gasteiger charge is 2.52. The van der Waals surface area contributed by atoms with Crippen LogP contribution in [-0.2, 0) is 9.31 Å². The fourth-order valence-corrected chi connectivity index (χ4v) is 2.81. The highest BCUT2D eigenvalue weighted by atomic mass is 127. The second kappa shape index (κ2) is 4.49. The van der Waals surface area contributed by atoms with Crippen LogP contribution < -0.4 is 5.59 Å². The lowest BCUT2D eigenvalue weighted by Gasteiger charge is -2.32. The molecule has 0 spiro atoms. The largest absolute Gasteiger partial charge is 0.516 e. The summed E-state index contributed by atoms with van der Waals surface area (Å²) in [6.07, 6.45) is 0. The summed E-state index contributed by atoms with van der Waals surface area (Å²) in [4.78, 5) is 0. The third-order valence-corrected chi connectivity index (χ3v) is 4.50. The summed E-state index contributed by atoms with van der Waals surface area (Å²) >= 11 is 2.29. The SMILES string of the molecule is CC(C)n1nc(B2OC(C)(C)C(C)(C)O2)cc1I. The highest BCUT2D eigenvalue weighted by Crippen LogP contribution is 2.36. The Labute approximate surface area is 123 Å². The minimum Gasteiger partial charge on any atom is -0.398 e. The van der Waals surface area contributed by atoms with Gasteiger partial charge >= 0.3 is 7.12 Å². The lowest BCUT2D eigenvalue weighted by atomic mass is 9.85. The number of hydrogen-bond donors (Lipinski definition) is 0. The number of aromatic nitrogens is 2. The van der Waals surface area contributed by atoms with E-state index in [4.69, 9.17) is 9.31 Å². The van der Waals surface area contributed by atoms with Gasteiger partial charge in [0.25, 0.3) is 0 Å². The molecule has 2 rings (SSSR count). The van der Waals surface area contributed by atoms with Crippen molar-refractivity contribution in [2.24, 2.45) is 0 Å². The van der Waals surface area contributed by atoms with Crippen LogP contribution in [0, 0.1) is 3.70 Å². The van der Waals surface area contributed by atoms with Crippen LogP contribution in [0.25, 0.3) is 0 Å². The summed E-state index contributed by atoms with van der Waals surface area (Å²) < 4.78 is 15.1. The molecule has 0 bridgehead atoms. The molecule has 0 aromatic carbocycles. The van der Waals surface area contributed by atoms with E-state index in [0.29, 0.717) is 6.04 Å². The monoisotopic (exact) mass is 362 g/mol. The third kappa shape index (κ3) is 2.34. The van der Waals surface area contributed by atoms with E-state index in [0.717, 1.165) is 9.29 Å². The number of rotatable bonds is 2. The van der Waals surface area contributed by atoms with E-state index in [-0.39, 0.29) is 18.3 Å². The Kier molecular flexibility index (Phi) is 3.57. The van der Waals surface area contributed by atoms with E-state index >= 15 is 0 Å². The lowest BCUT2D eigenvalue weighted by Crippen LogP contribution is -2.41. The van der Waals surface area contributed by atoms with Crippen LogP contribution in [0.15, 0.2) is 6.07 Å². The standard InChI is InChI=1S/C12H20BIN2O2/c1-8(2)16-10(14)7-9(15-16)13-17-11(3,4)12(5,6)18-13/h7-8H,1-6H3. The molecule has 4 nitrogen and oxygen atoms in total. The van der Waals surface area contributed by atoms with Crippen molar-refractivity contribution in [3.05, 3.63) is 9.77 Å². The van der Waals surface area contributed by atoms with Crippen LogP contribution in [-0.4, -0.2) is 28.1 Å². The first-order valence-corrected chi connectivity index (χ1v) is 7.32. The van der Waals surface area contributed by atoms with Gasteiger partial charge in [-0.25, -0.2) is 0 Å². The molecular weight excluding hydrogens is 342 g/mol. The number of hydrogen-bond acceptors (Lipinski definition) is 3. The Morgan fingerprint density at radius 1 is 1.22 bits per heavy atom. The number of halogens is 1. The van der Waals surface area contributed by atoms with E-state index in [1.165, 1.54) is 0 Å². The maximum Gasteiger partial charge on any atom is 0.516 e. The van der Waals surface area contributed by atoms with Crippen molar-refractivity contribution in [3.63, 3.8) is 0 Å². The predicted octanol–water partition coefficient (Wildman–Crippen LogP) is 2.37. The Morgan fingerprint density at radius 2 is 1.72 bits per heavy atom. The summed E-state index contributed by atoms with van der Waals surface area (Å²) in [7, 11) is -0.372. The van der Waals surface area contributed by atoms with Gasteiger partial charge in [0, 0.05) is 6.04 Å². The maximum absolute atomic E-state index is 6.00. The Morgan fingerprint density at radius 3 is 2.11 bits per heavy atom. The average molecular weight is 362 g/mol. The molecular formula is C12H20BIN2O2. The first kappa shape index (κ1) is 14.3. The molecule has 2 heterocycles. The molecule has 18 heavy (non-hydrogen) atoms. The quantitative estimate of drug-likeness (QED) is 0.599. The van der Waals surface area contributed by atoms with Crippen molar-refractivity contribution in [2.45, 2.75) is 58.8 Å². The lowest BCUT2D eigenvalue weighted by molar-refractivity contribution is 0.00578. The molecule has 1 aromatic heterocycles. The van der Waals surface area contributed by atoms with Gasteiger partial charge in [0.1, 0.15) is 0 Å². The molecule has 6 heteroatoms. The van der Waals surface area contributed by atoms with Gasteiger partial charge in [-0.2, -0.15) is 5.10 Å². The van der Waals surface area contributed by atoms with E-state index in [1.54, 1.807) is 0 Å². The summed E-state index contributed by atoms with van der Waals surface area (Å²) in [5.74, 6) is 0. The van der Waals surface area contributed by atoms with Gasteiger partial charge in [-0.1, -0.05) is 0 Å². The molecule has 1 saturated heterocycles. The molecule has 1 aromatic rings. The van der Waals surface area contributed by atoms with Gasteiger partial charge < -0.3 is 9.31 Å². The van der Waals surface area contributed by atoms with Crippen molar-refractivity contribution < 1.29 is 9.31 Å². The van der Waals surface area contributed by atoms with E-state index in [9.17, 15) is 0 Å². The van der Waals surface area contributed by atoms with Gasteiger partial charge in [-0.15, -0.1) is 0 Å². The Hall–Kier alpha value is -0.0751. The van der Waals surface area contributed by atoms with Gasteiger partial charge in [0.05, 0.1) is 20.5 Å². The van der Waals surface area contributed by atoms with Crippen LogP contribution in [0.3, 0.4) is 0 Å². The molecule has 100 valence electrons. The van der Waals surface area contributed by atoms with Gasteiger partial charge in [0.2, 0.25) is 0 Å². The minimum atomic E-state index is -0.372. The summed E-state index contributed by atoms with van der Waals surface area (Å²) in [6, 6.07) is 2.37. The fourth-order valence-electron chi connectivity index (χ4n) is 1.83. The van der Waals surface area contributed by atoms with Gasteiger partial charge in [-0.3, -0.25) is 4.68 Å². The smallest absolute Gasteiger partial charge is 0.398 e. The molecule has 0 amide bonds. The zero-order valence-corrected chi connectivity index (χ0v) is 14.0. The topological polar surface area (TPSA) is 36.3 Å². The average Bonchev–Trinajstić information content (AvgIpc) is 2.66. The third-order valence-electron chi connectivity index (χ3n) is 3.69. The van der Waals surface area contributed by atoms with Crippen LogP contribution in [0.5, 0.6) is 0 Å². The fraction of sp³-hybridized carbons (Fsp3) is 0.750. The zero-order chi connectivity index (χ0) is 13.7. The second-order valence-electron chi connectivity index (χ2n) is 6.02. The van der Waals surface area contributed by atoms with Crippen molar-refractivity contribution in [2.75, 3.05) is 0 Å². The van der Waals surface area contributed by atoms with E-state index in [1.807, 2.05) is 10.7 Å². The van der Waals surface area contributed by atoms with Crippen LogP contribution in [0.2, 0.25) is 0 Å². The first-order chi connectivity index (χ1) is 8.14. The molecule has 0 aliphatic carbocycles. The molecule has 0 saturated carbocycles. The van der Waals surface area contributed by atoms with Crippen LogP contribution in [0.4, 0.5) is 0 Å². The minimum absolute atomic E-state index is 0.315. The molecule has 1 fully saturated rings. The van der Waals surface area contributed by atoms with E-state index < -0.39 is 0 Å². The predicted molar refractivity (Wildman–Crippen MR) is 81.0 cm³/mol. The van der Waals surface area contributed by atoms with Crippen molar-refractivity contribution in [1.29, 1.82) is 0 Å². The second-order valence-corrected chi connectivity index (χ2v) is 7.12. The molecule has 0 unspecified atom stereocenters. The molecule has 1 aliphatic rings. The summed E-state index contributed by atoms with van der Waals surface area (Å²) in [6.45, 7) is 12.4. The number of nitrogens with zero attached hydrogens (tertiary/aromatic N) is 2. The summed E-state index contributed by atoms with van der Waals surface area (Å²) in [5.41, 5.74) is 0.224. The van der Waals surface area contributed by atoms with E-state index in [2.05, 4.69) is 69.2 Å². The van der Waals surface area contributed by atoms with Crippen molar-refractivity contribution in [1.82, 2.24) is 9.78 Å². The molecule has 0 radical (unpaired) electrons. The van der Waals surface area contributed by atoms with Gasteiger partial charge in [0.15, 0.2) is 0 Å². The molecule has 1 aliphatic heterocycles. The van der Waals surface area contributed by atoms with Crippen LogP contribution in [0.1, 0.15) is 47.6 Å². The highest BCUT2D eigenvalue weighted by molar-refractivity contribution is 14.1. The Bertz CT molecular complexity index is 441. The zero-order valence-electron chi connectivity index (χ0n) is 11.8. The Balaban J connectivity index is 2.27. The summed E-state index contributed by atoms with van der Waals surface area (Å²) in [5, 5.41) is 4.58. The molecule has 0 atom stereocenters.